The SMILES string of the molecule is O=C(O)N1Cc2ccc(N3C4CCC3COC4)cc2C1. The molecule has 2 atom stereocenters. The maximum absolute atomic E-state index is 11.1. The highest BCUT2D eigenvalue weighted by atomic mass is 16.5. The average molecular weight is 274 g/mol. The Balaban J connectivity index is 1.63. The monoisotopic (exact) mass is 274 g/mol. The van der Waals surface area contributed by atoms with Gasteiger partial charge in [-0.15, -0.1) is 0 Å². The van der Waals surface area contributed by atoms with Crippen molar-refractivity contribution in [2.45, 2.75) is 38.0 Å². The smallest absolute Gasteiger partial charge is 0.407 e. The Hall–Kier alpha value is -1.75. The van der Waals surface area contributed by atoms with Crippen molar-refractivity contribution in [3.63, 3.8) is 0 Å². The third-order valence-corrected chi connectivity index (χ3v) is 4.72. The van der Waals surface area contributed by atoms with Crippen molar-refractivity contribution in [1.29, 1.82) is 0 Å². The van der Waals surface area contributed by atoms with Crippen molar-refractivity contribution in [3.05, 3.63) is 29.3 Å². The minimum atomic E-state index is -0.839. The minimum absolute atomic E-state index is 0.490. The zero-order chi connectivity index (χ0) is 13.7. The molecule has 0 spiro atoms. The first-order chi connectivity index (χ1) is 9.72. The van der Waals surface area contributed by atoms with Gasteiger partial charge in [-0.05, 0) is 36.1 Å². The van der Waals surface area contributed by atoms with E-state index in [9.17, 15) is 4.79 Å². The van der Waals surface area contributed by atoms with Crippen LogP contribution in [0.15, 0.2) is 18.2 Å². The van der Waals surface area contributed by atoms with E-state index in [2.05, 4.69) is 23.1 Å². The van der Waals surface area contributed by atoms with Gasteiger partial charge in [-0.1, -0.05) is 6.07 Å². The van der Waals surface area contributed by atoms with Crippen LogP contribution in [0.3, 0.4) is 0 Å². The highest BCUT2D eigenvalue weighted by Gasteiger charge is 2.37. The predicted octanol–water partition coefficient (Wildman–Crippen LogP) is 2.05. The van der Waals surface area contributed by atoms with Crippen LogP contribution in [0.1, 0.15) is 24.0 Å². The molecule has 2 fully saturated rings. The molecule has 2 bridgehead atoms. The lowest BCUT2D eigenvalue weighted by atomic mass is 10.1. The number of morpholine rings is 1. The van der Waals surface area contributed by atoms with Gasteiger partial charge in [-0.2, -0.15) is 0 Å². The molecule has 0 saturated carbocycles. The first-order valence-electron chi connectivity index (χ1n) is 7.18. The lowest BCUT2D eigenvalue weighted by Gasteiger charge is -2.36. The standard InChI is InChI=1S/C15H18N2O3/c18-15(19)16-6-10-1-2-12(5-11(10)7-16)17-13-3-4-14(17)9-20-8-13/h1-2,5,13-14H,3-4,6-9H2,(H,18,19). The normalized spacial score (nSPS) is 27.8. The van der Waals surface area contributed by atoms with Gasteiger partial charge in [0.25, 0.3) is 0 Å². The fourth-order valence-corrected chi connectivity index (χ4v) is 3.73. The number of nitrogens with zero attached hydrogens (tertiary/aromatic N) is 2. The summed E-state index contributed by atoms with van der Waals surface area (Å²) in [6, 6.07) is 7.38. The second kappa shape index (κ2) is 4.38. The van der Waals surface area contributed by atoms with Crippen LogP contribution in [0.4, 0.5) is 10.5 Å². The molecule has 4 rings (SSSR count). The number of rotatable bonds is 1. The molecule has 20 heavy (non-hydrogen) atoms. The molecule has 1 N–H and O–H groups in total. The molecule has 2 unspecified atom stereocenters. The second-order valence-corrected chi connectivity index (χ2v) is 5.92. The Kier molecular flexibility index (Phi) is 2.63. The third kappa shape index (κ3) is 1.77. The average Bonchev–Trinajstić information content (AvgIpc) is 2.97. The molecule has 5 heteroatoms. The topological polar surface area (TPSA) is 53.0 Å². The van der Waals surface area contributed by atoms with E-state index in [-0.39, 0.29) is 0 Å². The number of ether oxygens (including phenoxy) is 1. The van der Waals surface area contributed by atoms with Gasteiger partial charge in [-0.25, -0.2) is 4.79 Å². The van der Waals surface area contributed by atoms with Crippen molar-refractivity contribution in [1.82, 2.24) is 4.90 Å². The Morgan fingerprint density at radius 3 is 2.55 bits per heavy atom. The lowest BCUT2D eigenvalue weighted by Crippen LogP contribution is -2.45. The molecule has 106 valence electrons. The fraction of sp³-hybridized carbons (Fsp3) is 0.533. The molecule has 0 aliphatic carbocycles. The molecule has 3 aliphatic heterocycles. The number of hydrogen-bond acceptors (Lipinski definition) is 3. The number of fused-ring (bicyclic) bond motifs is 3. The molecule has 0 aromatic heterocycles. The van der Waals surface area contributed by atoms with Gasteiger partial charge in [0.05, 0.1) is 25.3 Å². The van der Waals surface area contributed by atoms with E-state index in [0.29, 0.717) is 25.2 Å². The van der Waals surface area contributed by atoms with Crippen LogP contribution in [0.2, 0.25) is 0 Å². The van der Waals surface area contributed by atoms with Crippen molar-refractivity contribution < 1.29 is 14.6 Å². The zero-order valence-electron chi connectivity index (χ0n) is 11.3. The zero-order valence-corrected chi connectivity index (χ0v) is 11.3. The van der Waals surface area contributed by atoms with Crippen molar-refractivity contribution >= 4 is 11.8 Å². The number of amides is 1. The van der Waals surface area contributed by atoms with E-state index in [1.165, 1.54) is 23.4 Å². The maximum Gasteiger partial charge on any atom is 0.407 e. The summed E-state index contributed by atoms with van der Waals surface area (Å²) in [7, 11) is 0. The number of benzene rings is 1. The summed E-state index contributed by atoms with van der Waals surface area (Å²) in [6.07, 6.45) is 1.56. The number of carbonyl (C=O) groups is 1. The maximum atomic E-state index is 11.1. The molecule has 1 aromatic rings. The second-order valence-electron chi connectivity index (χ2n) is 5.92. The van der Waals surface area contributed by atoms with Crippen LogP contribution in [0.25, 0.3) is 0 Å². The summed E-state index contributed by atoms with van der Waals surface area (Å²) < 4.78 is 5.62. The highest BCUT2D eigenvalue weighted by molar-refractivity contribution is 5.67. The number of carboxylic acid groups (broad SMARTS) is 1. The molecule has 5 nitrogen and oxygen atoms in total. The summed E-state index contributed by atoms with van der Waals surface area (Å²) in [4.78, 5) is 15.0. The largest absolute Gasteiger partial charge is 0.465 e. The van der Waals surface area contributed by atoms with E-state index >= 15 is 0 Å². The first-order valence-corrected chi connectivity index (χ1v) is 7.18. The highest BCUT2D eigenvalue weighted by Crippen LogP contribution is 2.36. The molecule has 0 radical (unpaired) electrons. The van der Waals surface area contributed by atoms with Crippen molar-refractivity contribution in [2.75, 3.05) is 18.1 Å². The Bertz CT molecular complexity index is 544. The Labute approximate surface area is 117 Å². The molecule has 3 aliphatic rings. The van der Waals surface area contributed by atoms with Crippen LogP contribution >= 0.6 is 0 Å². The van der Waals surface area contributed by atoms with Crippen LogP contribution < -0.4 is 4.90 Å². The Morgan fingerprint density at radius 2 is 1.85 bits per heavy atom. The molecule has 2 saturated heterocycles. The molecule has 1 aromatic carbocycles. The Morgan fingerprint density at radius 1 is 1.15 bits per heavy atom. The van der Waals surface area contributed by atoms with Gasteiger partial charge in [-0.3, -0.25) is 4.90 Å². The van der Waals surface area contributed by atoms with Gasteiger partial charge < -0.3 is 14.7 Å². The third-order valence-electron chi connectivity index (χ3n) is 4.72. The summed E-state index contributed by atoms with van der Waals surface area (Å²) >= 11 is 0. The minimum Gasteiger partial charge on any atom is -0.465 e. The van der Waals surface area contributed by atoms with E-state index in [1.54, 1.807) is 0 Å². The quantitative estimate of drug-likeness (QED) is 0.851. The number of anilines is 1. The van der Waals surface area contributed by atoms with Crippen molar-refractivity contribution in [3.8, 4) is 0 Å². The lowest BCUT2D eigenvalue weighted by molar-refractivity contribution is 0.0906. The number of hydrogen-bond donors (Lipinski definition) is 1. The summed E-state index contributed by atoms with van der Waals surface area (Å²) in [6.45, 7) is 2.66. The van der Waals surface area contributed by atoms with Crippen LogP contribution in [0.5, 0.6) is 0 Å². The van der Waals surface area contributed by atoms with Gasteiger partial charge in [0, 0.05) is 18.8 Å². The van der Waals surface area contributed by atoms with E-state index in [0.717, 1.165) is 24.3 Å². The van der Waals surface area contributed by atoms with E-state index in [1.807, 2.05) is 0 Å². The van der Waals surface area contributed by atoms with E-state index < -0.39 is 6.09 Å². The fourth-order valence-electron chi connectivity index (χ4n) is 3.73. The molecule has 3 heterocycles. The van der Waals surface area contributed by atoms with Crippen LogP contribution in [-0.2, 0) is 17.8 Å². The van der Waals surface area contributed by atoms with Gasteiger partial charge in [0.2, 0.25) is 0 Å². The molecular weight excluding hydrogens is 256 g/mol. The van der Waals surface area contributed by atoms with Crippen LogP contribution in [0, 0.1) is 0 Å². The van der Waals surface area contributed by atoms with E-state index in [4.69, 9.17) is 9.84 Å². The summed E-state index contributed by atoms with van der Waals surface area (Å²) in [5.41, 5.74) is 3.51. The first kappa shape index (κ1) is 12.0. The van der Waals surface area contributed by atoms with Gasteiger partial charge in [0.1, 0.15) is 0 Å². The molecular formula is C15H18N2O3. The van der Waals surface area contributed by atoms with Crippen LogP contribution in [-0.4, -0.2) is 41.4 Å². The predicted molar refractivity (Wildman–Crippen MR) is 73.8 cm³/mol. The molecule has 1 amide bonds. The summed E-state index contributed by atoms with van der Waals surface area (Å²) in [5, 5.41) is 9.10. The van der Waals surface area contributed by atoms with Gasteiger partial charge in [0.15, 0.2) is 0 Å². The van der Waals surface area contributed by atoms with Crippen molar-refractivity contribution in [2.24, 2.45) is 0 Å². The summed E-state index contributed by atoms with van der Waals surface area (Å²) in [5.74, 6) is 0. The van der Waals surface area contributed by atoms with Gasteiger partial charge >= 0.3 is 6.09 Å².